The molecule has 0 amide bonds. The van der Waals surface area contributed by atoms with Gasteiger partial charge in [0.1, 0.15) is 0 Å². The highest BCUT2D eigenvalue weighted by molar-refractivity contribution is 7.99. The monoisotopic (exact) mass is 197 g/mol. The van der Waals surface area contributed by atoms with Crippen LogP contribution in [-0.4, -0.2) is 21.1 Å². The molecule has 1 aliphatic rings. The van der Waals surface area contributed by atoms with E-state index in [0.29, 0.717) is 12.6 Å². The Bertz CT molecular complexity index is 284. The third-order valence-corrected chi connectivity index (χ3v) is 3.98. The molecule has 0 aromatic carbocycles. The van der Waals surface area contributed by atoms with Crippen LogP contribution >= 0.6 is 11.8 Å². The lowest BCUT2D eigenvalue weighted by atomic mass is 10.1. The highest BCUT2D eigenvalue weighted by Gasteiger charge is 2.26. The van der Waals surface area contributed by atoms with E-state index in [9.17, 15) is 0 Å². The topological polar surface area (TPSA) is 43.8 Å². The zero-order valence-electron chi connectivity index (χ0n) is 7.81. The molecular weight excluding hydrogens is 182 g/mol. The van der Waals surface area contributed by atoms with E-state index in [0.717, 1.165) is 11.6 Å². The van der Waals surface area contributed by atoms with Gasteiger partial charge < -0.3 is 10.3 Å². The van der Waals surface area contributed by atoms with Gasteiger partial charge in [0, 0.05) is 24.5 Å². The van der Waals surface area contributed by atoms with E-state index in [2.05, 4.69) is 16.5 Å². The number of rotatable bonds is 2. The molecule has 2 N–H and O–H groups in total. The number of hydrogen-bond acceptors (Lipinski definition) is 3. The first-order valence-electron chi connectivity index (χ1n) is 4.61. The van der Waals surface area contributed by atoms with Crippen molar-refractivity contribution in [1.29, 1.82) is 0 Å². The van der Waals surface area contributed by atoms with E-state index in [1.165, 1.54) is 11.5 Å². The third-order valence-electron chi connectivity index (χ3n) is 2.64. The lowest BCUT2D eigenvalue weighted by Crippen LogP contribution is -2.18. The van der Waals surface area contributed by atoms with Gasteiger partial charge in [0.05, 0.1) is 12.0 Å². The van der Waals surface area contributed by atoms with Gasteiger partial charge in [-0.3, -0.25) is 0 Å². The predicted octanol–water partition coefficient (Wildman–Crippen LogP) is 1.27. The van der Waals surface area contributed by atoms with Crippen LogP contribution < -0.4 is 5.73 Å². The van der Waals surface area contributed by atoms with Crippen molar-refractivity contribution in [3.63, 3.8) is 0 Å². The first kappa shape index (κ1) is 9.09. The van der Waals surface area contributed by atoms with Crippen LogP contribution in [-0.2, 0) is 6.54 Å². The lowest BCUT2D eigenvalue weighted by molar-refractivity contribution is 0.427. The molecule has 13 heavy (non-hydrogen) atoms. The van der Waals surface area contributed by atoms with E-state index in [1.54, 1.807) is 0 Å². The normalized spacial score (nSPS) is 28.2. The summed E-state index contributed by atoms with van der Waals surface area (Å²) in [6.45, 7) is 2.89. The molecule has 72 valence electrons. The quantitative estimate of drug-likeness (QED) is 0.776. The van der Waals surface area contributed by atoms with Gasteiger partial charge in [0.2, 0.25) is 0 Å². The maximum absolute atomic E-state index is 5.64. The highest BCUT2D eigenvalue weighted by atomic mass is 32.2. The average Bonchev–Trinajstić information content (AvgIpc) is 2.71. The number of imidazole rings is 1. The maximum atomic E-state index is 5.64. The van der Waals surface area contributed by atoms with Gasteiger partial charge in [0.15, 0.2) is 0 Å². The summed E-state index contributed by atoms with van der Waals surface area (Å²) >= 11 is 2.02. The second-order valence-electron chi connectivity index (χ2n) is 3.58. The molecule has 3 nitrogen and oxygen atoms in total. The molecule has 1 aromatic heterocycles. The summed E-state index contributed by atoms with van der Waals surface area (Å²) in [4.78, 5) is 4.15. The number of hydrogen-bond donors (Lipinski definition) is 1. The van der Waals surface area contributed by atoms with E-state index in [4.69, 9.17) is 5.73 Å². The van der Waals surface area contributed by atoms with E-state index in [1.807, 2.05) is 24.3 Å². The molecule has 1 aliphatic heterocycles. The highest BCUT2D eigenvalue weighted by Crippen LogP contribution is 2.33. The van der Waals surface area contributed by atoms with Gasteiger partial charge in [-0.2, -0.15) is 11.8 Å². The Hall–Kier alpha value is -0.480. The standard InChI is InChI=1S/C9H15N3S/c1-7-4-13-5-9(7)12-6-11-3-8(12)2-10/h3,6-7,9H,2,4-5,10H2,1H3. The van der Waals surface area contributed by atoms with Crippen LogP contribution in [0.25, 0.3) is 0 Å². The third kappa shape index (κ3) is 1.60. The summed E-state index contributed by atoms with van der Waals surface area (Å²) in [5.74, 6) is 3.20. The van der Waals surface area contributed by atoms with Crippen molar-refractivity contribution in [2.75, 3.05) is 11.5 Å². The van der Waals surface area contributed by atoms with Crippen molar-refractivity contribution in [2.45, 2.75) is 19.5 Å². The largest absolute Gasteiger partial charge is 0.329 e. The number of aromatic nitrogens is 2. The first-order valence-corrected chi connectivity index (χ1v) is 5.77. The van der Waals surface area contributed by atoms with Crippen LogP contribution in [0.4, 0.5) is 0 Å². The van der Waals surface area contributed by atoms with Gasteiger partial charge in [0.25, 0.3) is 0 Å². The molecular formula is C9H15N3S. The average molecular weight is 197 g/mol. The fraction of sp³-hybridized carbons (Fsp3) is 0.667. The Morgan fingerprint density at radius 3 is 3.15 bits per heavy atom. The minimum atomic E-state index is 0.591. The van der Waals surface area contributed by atoms with E-state index in [-0.39, 0.29) is 0 Å². The molecule has 2 unspecified atom stereocenters. The summed E-state index contributed by atoms with van der Waals surface area (Å²) in [6.07, 6.45) is 3.78. The molecule has 0 bridgehead atoms. The van der Waals surface area contributed by atoms with Crippen molar-refractivity contribution in [1.82, 2.24) is 9.55 Å². The molecule has 0 radical (unpaired) electrons. The van der Waals surface area contributed by atoms with Crippen LogP contribution in [0.2, 0.25) is 0 Å². The second kappa shape index (κ2) is 3.72. The van der Waals surface area contributed by atoms with Gasteiger partial charge in [-0.15, -0.1) is 0 Å². The molecule has 1 aromatic rings. The molecule has 0 spiro atoms. The Labute approximate surface area is 82.7 Å². The molecule has 0 saturated carbocycles. The van der Waals surface area contributed by atoms with Crippen molar-refractivity contribution in [3.05, 3.63) is 18.2 Å². The predicted molar refractivity (Wildman–Crippen MR) is 55.6 cm³/mol. The van der Waals surface area contributed by atoms with Gasteiger partial charge in [-0.1, -0.05) is 6.92 Å². The van der Waals surface area contributed by atoms with Crippen LogP contribution in [0, 0.1) is 5.92 Å². The number of nitrogens with two attached hydrogens (primary N) is 1. The van der Waals surface area contributed by atoms with Crippen molar-refractivity contribution < 1.29 is 0 Å². The Kier molecular flexibility index (Phi) is 2.60. The lowest BCUT2D eigenvalue weighted by Gasteiger charge is -2.18. The summed E-state index contributed by atoms with van der Waals surface area (Å²) < 4.78 is 2.24. The fourth-order valence-corrected chi connectivity index (χ4v) is 3.25. The van der Waals surface area contributed by atoms with Crippen molar-refractivity contribution in [3.8, 4) is 0 Å². The Morgan fingerprint density at radius 1 is 1.69 bits per heavy atom. The van der Waals surface area contributed by atoms with Crippen LogP contribution in [0.3, 0.4) is 0 Å². The maximum Gasteiger partial charge on any atom is 0.0951 e. The summed E-state index contributed by atoms with van der Waals surface area (Å²) in [5.41, 5.74) is 6.79. The number of thioether (sulfide) groups is 1. The first-order chi connectivity index (χ1) is 6.33. The molecule has 0 aliphatic carbocycles. The van der Waals surface area contributed by atoms with Crippen LogP contribution in [0.1, 0.15) is 18.7 Å². The summed E-state index contributed by atoms with van der Waals surface area (Å²) in [5, 5.41) is 0. The molecule has 1 saturated heterocycles. The molecule has 2 atom stereocenters. The number of nitrogens with zero attached hydrogens (tertiary/aromatic N) is 2. The van der Waals surface area contributed by atoms with Crippen LogP contribution in [0.15, 0.2) is 12.5 Å². The van der Waals surface area contributed by atoms with Crippen molar-refractivity contribution in [2.24, 2.45) is 11.7 Å². The minimum absolute atomic E-state index is 0.591. The Balaban J connectivity index is 2.23. The van der Waals surface area contributed by atoms with E-state index >= 15 is 0 Å². The summed E-state index contributed by atoms with van der Waals surface area (Å²) in [7, 11) is 0. The van der Waals surface area contributed by atoms with Gasteiger partial charge in [-0.05, 0) is 11.7 Å². The Morgan fingerprint density at radius 2 is 2.54 bits per heavy atom. The van der Waals surface area contributed by atoms with Crippen molar-refractivity contribution >= 4 is 11.8 Å². The van der Waals surface area contributed by atoms with Gasteiger partial charge in [-0.25, -0.2) is 4.98 Å². The van der Waals surface area contributed by atoms with E-state index < -0.39 is 0 Å². The minimum Gasteiger partial charge on any atom is -0.329 e. The van der Waals surface area contributed by atoms with Crippen LogP contribution in [0.5, 0.6) is 0 Å². The molecule has 1 fully saturated rings. The molecule has 2 rings (SSSR count). The molecule has 4 heteroatoms. The fourth-order valence-electron chi connectivity index (χ4n) is 1.79. The second-order valence-corrected chi connectivity index (χ2v) is 4.65. The SMILES string of the molecule is CC1CSCC1n1cncc1CN. The zero-order chi connectivity index (χ0) is 9.26. The summed E-state index contributed by atoms with van der Waals surface area (Å²) in [6, 6.07) is 0.603. The zero-order valence-corrected chi connectivity index (χ0v) is 8.63. The smallest absolute Gasteiger partial charge is 0.0951 e. The van der Waals surface area contributed by atoms with Gasteiger partial charge >= 0.3 is 0 Å². The molecule has 2 heterocycles.